The molecular formula is C10H11N3O. The van der Waals surface area contributed by atoms with Gasteiger partial charge in [0.25, 0.3) is 0 Å². The number of rotatable bonds is 1. The number of isocyanates is 1. The van der Waals surface area contributed by atoms with Gasteiger partial charge in [-0.1, -0.05) is 0 Å². The third-order valence-electron chi connectivity index (χ3n) is 2.20. The molecule has 0 aliphatic carbocycles. The van der Waals surface area contributed by atoms with E-state index in [2.05, 4.69) is 15.6 Å². The van der Waals surface area contributed by atoms with Crippen molar-refractivity contribution in [3.63, 3.8) is 0 Å². The molecule has 2 N–H and O–H groups in total. The maximum absolute atomic E-state index is 10.1. The van der Waals surface area contributed by atoms with E-state index in [9.17, 15) is 4.79 Å². The van der Waals surface area contributed by atoms with Crippen molar-refractivity contribution in [3.05, 3.63) is 23.8 Å². The molecule has 1 aliphatic heterocycles. The Morgan fingerprint density at radius 3 is 3.14 bits per heavy atom. The van der Waals surface area contributed by atoms with Gasteiger partial charge in [-0.15, -0.1) is 0 Å². The van der Waals surface area contributed by atoms with Crippen LogP contribution < -0.4 is 10.6 Å². The Hall–Kier alpha value is -1.64. The summed E-state index contributed by atoms with van der Waals surface area (Å²) in [5.41, 5.74) is 2.91. The fourth-order valence-electron chi connectivity index (χ4n) is 1.53. The van der Waals surface area contributed by atoms with Gasteiger partial charge in [-0.3, -0.25) is 0 Å². The van der Waals surface area contributed by atoms with E-state index in [0.717, 1.165) is 30.9 Å². The number of hydrogen-bond acceptors (Lipinski definition) is 4. The lowest BCUT2D eigenvalue weighted by molar-refractivity contribution is 0.565. The highest BCUT2D eigenvalue weighted by molar-refractivity contribution is 5.60. The Bertz CT molecular complexity index is 383. The van der Waals surface area contributed by atoms with Crippen molar-refractivity contribution in [1.29, 1.82) is 0 Å². The van der Waals surface area contributed by atoms with Crippen LogP contribution in [-0.4, -0.2) is 19.2 Å². The van der Waals surface area contributed by atoms with E-state index in [1.165, 1.54) is 0 Å². The van der Waals surface area contributed by atoms with Crippen LogP contribution in [-0.2, 0) is 11.3 Å². The average molecular weight is 189 g/mol. The molecule has 0 bridgehead atoms. The number of carbonyl (C=O) groups excluding carboxylic acids is 1. The molecule has 0 aromatic heterocycles. The van der Waals surface area contributed by atoms with Crippen LogP contribution >= 0.6 is 0 Å². The molecule has 72 valence electrons. The van der Waals surface area contributed by atoms with Crippen LogP contribution in [0.4, 0.5) is 11.4 Å². The molecule has 0 amide bonds. The molecule has 0 spiro atoms. The number of nitrogens with zero attached hydrogens (tertiary/aromatic N) is 1. The first-order valence-electron chi connectivity index (χ1n) is 4.55. The Kier molecular flexibility index (Phi) is 2.58. The van der Waals surface area contributed by atoms with Crippen molar-refractivity contribution in [2.75, 3.05) is 18.4 Å². The van der Waals surface area contributed by atoms with E-state index >= 15 is 0 Å². The van der Waals surface area contributed by atoms with Gasteiger partial charge < -0.3 is 10.6 Å². The van der Waals surface area contributed by atoms with E-state index in [0.29, 0.717) is 5.69 Å². The molecule has 4 nitrogen and oxygen atoms in total. The first kappa shape index (κ1) is 8.94. The summed E-state index contributed by atoms with van der Waals surface area (Å²) in [6.07, 6.45) is 1.54. The van der Waals surface area contributed by atoms with Crippen LogP contribution in [0.3, 0.4) is 0 Å². The second-order valence-electron chi connectivity index (χ2n) is 3.15. The summed E-state index contributed by atoms with van der Waals surface area (Å²) < 4.78 is 0. The lowest BCUT2D eigenvalue weighted by atomic mass is 10.1. The number of aliphatic imine (C=N–C) groups is 1. The van der Waals surface area contributed by atoms with Gasteiger partial charge in [-0.05, 0) is 23.8 Å². The maximum Gasteiger partial charge on any atom is 0.240 e. The maximum atomic E-state index is 10.1. The normalized spacial score (nSPS) is 14.6. The van der Waals surface area contributed by atoms with E-state index in [1.54, 1.807) is 6.08 Å². The number of hydrogen-bond donors (Lipinski definition) is 2. The van der Waals surface area contributed by atoms with Crippen LogP contribution in [0.15, 0.2) is 23.2 Å². The fourth-order valence-corrected chi connectivity index (χ4v) is 1.53. The smallest absolute Gasteiger partial charge is 0.240 e. The first-order valence-corrected chi connectivity index (χ1v) is 4.55. The Morgan fingerprint density at radius 2 is 2.29 bits per heavy atom. The van der Waals surface area contributed by atoms with Gasteiger partial charge >= 0.3 is 0 Å². The summed E-state index contributed by atoms with van der Waals surface area (Å²) in [5, 5.41) is 6.56. The lowest BCUT2D eigenvalue weighted by Crippen LogP contribution is -2.16. The van der Waals surface area contributed by atoms with Crippen molar-refractivity contribution < 1.29 is 4.79 Å². The number of nitrogens with one attached hydrogen (secondary N) is 2. The molecule has 0 saturated heterocycles. The summed E-state index contributed by atoms with van der Waals surface area (Å²) in [6, 6.07) is 5.64. The van der Waals surface area contributed by atoms with Crippen LogP contribution in [0.1, 0.15) is 5.56 Å². The van der Waals surface area contributed by atoms with Crippen LogP contribution in [0.5, 0.6) is 0 Å². The molecule has 0 unspecified atom stereocenters. The lowest BCUT2D eigenvalue weighted by Gasteiger charge is -2.06. The molecule has 0 atom stereocenters. The minimum atomic E-state index is 0.657. The molecule has 4 heteroatoms. The van der Waals surface area contributed by atoms with Gasteiger partial charge in [-0.2, -0.15) is 4.99 Å². The molecule has 2 rings (SSSR count). The average Bonchev–Trinajstić information content (AvgIpc) is 2.42. The Balaban J connectivity index is 2.36. The molecule has 0 radical (unpaired) electrons. The zero-order chi connectivity index (χ0) is 9.80. The molecule has 0 fully saturated rings. The summed E-state index contributed by atoms with van der Waals surface area (Å²) >= 11 is 0. The third kappa shape index (κ3) is 1.82. The predicted molar refractivity (Wildman–Crippen MR) is 54.4 cm³/mol. The van der Waals surface area contributed by atoms with Crippen molar-refractivity contribution >= 4 is 17.5 Å². The van der Waals surface area contributed by atoms with Gasteiger partial charge in [-0.25, -0.2) is 4.79 Å². The van der Waals surface area contributed by atoms with Gasteiger partial charge in [0, 0.05) is 25.3 Å². The molecule has 1 aliphatic rings. The van der Waals surface area contributed by atoms with Gasteiger partial charge in [0.2, 0.25) is 6.08 Å². The van der Waals surface area contributed by atoms with Crippen molar-refractivity contribution in [2.45, 2.75) is 6.54 Å². The molecule has 1 aromatic rings. The molecule has 0 saturated carbocycles. The van der Waals surface area contributed by atoms with Crippen LogP contribution in [0.25, 0.3) is 0 Å². The SMILES string of the molecule is O=C=Nc1ccc2c(c1)CNCCN2. The molecule has 1 aromatic carbocycles. The van der Waals surface area contributed by atoms with Gasteiger partial charge in [0.15, 0.2) is 0 Å². The van der Waals surface area contributed by atoms with Gasteiger partial charge in [0.05, 0.1) is 5.69 Å². The highest BCUT2D eigenvalue weighted by Gasteiger charge is 2.06. The summed E-state index contributed by atoms with van der Waals surface area (Å²) in [6.45, 7) is 2.68. The first-order chi connectivity index (χ1) is 6.90. The summed E-state index contributed by atoms with van der Waals surface area (Å²) in [5.74, 6) is 0. The second-order valence-corrected chi connectivity index (χ2v) is 3.15. The third-order valence-corrected chi connectivity index (χ3v) is 2.20. The Labute approximate surface area is 82.0 Å². The highest BCUT2D eigenvalue weighted by atomic mass is 16.1. The fraction of sp³-hybridized carbons (Fsp3) is 0.300. The Morgan fingerprint density at radius 1 is 1.36 bits per heavy atom. The van der Waals surface area contributed by atoms with Crippen LogP contribution in [0, 0.1) is 0 Å². The molecule has 14 heavy (non-hydrogen) atoms. The van der Waals surface area contributed by atoms with E-state index in [-0.39, 0.29) is 0 Å². The number of anilines is 1. The minimum absolute atomic E-state index is 0.657. The molecule has 1 heterocycles. The predicted octanol–water partition coefficient (Wildman–Crippen LogP) is 1.17. The summed E-state index contributed by atoms with van der Waals surface area (Å²) in [7, 11) is 0. The second kappa shape index (κ2) is 4.05. The number of benzene rings is 1. The minimum Gasteiger partial charge on any atom is -0.384 e. The number of fused-ring (bicyclic) bond motifs is 1. The van der Waals surface area contributed by atoms with Crippen molar-refractivity contribution in [3.8, 4) is 0 Å². The zero-order valence-electron chi connectivity index (χ0n) is 7.71. The van der Waals surface area contributed by atoms with Gasteiger partial charge in [0.1, 0.15) is 0 Å². The highest BCUT2D eigenvalue weighted by Crippen LogP contribution is 2.22. The summed E-state index contributed by atoms with van der Waals surface area (Å²) in [4.78, 5) is 13.7. The van der Waals surface area contributed by atoms with E-state index < -0.39 is 0 Å². The van der Waals surface area contributed by atoms with Crippen molar-refractivity contribution in [1.82, 2.24) is 5.32 Å². The molecular weight excluding hydrogens is 178 g/mol. The monoisotopic (exact) mass is 189 g/mol. The zero-order valence-corrected chi connectivity index (χ0v) is 7.71. The van der Waals surface area contributed by atoms with E-state index in [1.807, 2.05) is 18.2 Å². The van der Waals surface area contributed by atoms with Crippen molar-refractivity contribution in [2.24, 2.45) is 4.99 Å². The van der Waals surface area contributed by atoms with Crippen LogP contribution in [0.2, 0.25) is 0 Å². The standard InChI is InChI=1S/C10H11N3O/c14-7-13-9-1-2-10-8(5-9)6-11-3-4-12-10/h1-2,5,11-12H,3-4,6H2. The largest absolute Gasteiger partial charge is 0.384 e. The van der Waals surface area contributed by atoms with E-state index in [4.69, 9.17) is 0 Å². The topological polar surface area (TPSA) is 53.5 Å². The quantitative estimate of drug-likeness (QED) is 0.515.